The molecular formula is C16H25NOS. The van der Waals surface area contributed by atoms with E-state index >= 15 is 0 Å². The van der Waals surface area contributed by atoms with Crippen molar-refractivity contribution in [1.29, 1.82) is 0 Å². The predicted octanol–water partition coefficient (Wildman–Crippen LogP) is 3.10. The smallest absolute Gasteiger partial charge is 0.0509 e. The molecule has 0 aromatic heterocycles. The summed E-state index contributed by atoms with van der Waals surface area (Å²) in [5.41, 5.74) is 1.42. The number of hydrogen-bond donors (Lipinski definition) is 1. The summed E-state index contributed by atoms with van der Waals surface area (Å²) < 4.78 is 12.7. The highest BCUT2D eigenvalue weighted by molar-refractivity contribution is 7.84. The first-order valence-corrected chi connectivity index (χ1v) is 8.51. The normalized spacial score (nSPS) is 27.9. The second-order valence-electron chi connectivity index (χ2n) is 6.20. The van der Waals surface area contributed by atoms with Crippen molar-refractivity contribution >= 4 is 10.8 Å². The second-order valence-corrected chi connectivity index (χ2v) is 7.85. The molecule has 0 radical (unpaired) electrons. The van der Waals surface area contributed by atoms with E-state index in [0.717, 1.165) is 6.42 Å². The molecule has 0 bridgehead atoms. The van der Waals surface area contributed by atoms with Gasteiger partial charge < -0.3 is 5.32 Å². The topological polar surface area (TPSA) is 29.1 Å². The summed E-state index contributed by atoms with van der Waals surface area (Å²) in [6.45, 7) is 4.58. The standard InChI is InChI=1S/C16H25NOS/c1-16(2)11-7-10-14(15(16)17-3)19(18)12-13-8-5-4-6-9-13/h4-6,8-9,14-15,17H,7,10-12H2,1-3H3. The van der Waals surface area contributed by atoms with Crippen LogP contribution in [0, 0.1) is 5.41 Å². The quantitative estimate of drug-likeness (QED) is 0.917. The van der Waals surface area contributed by atoms with Crippen LogP contribution in [-0.4, -0.2) is 22.5 Å². The van der Waals surface area contributed by atoms with E-state index in [1.54, 1.807) is 0 Å². The van der Waals surface area contributed by atoms with Gasteiger partial charge in [-0.3, -0.25) is 4.21 Å². The molecule has 0 spiro atoms. The van der Waals surface area contributed by atoms with Gasteiger partial charge in [-0.05, 0) is 30.9 Å². The van der Waals surface area contributed by atoms with Gasteiger partial charge in [-0.1, -0.05) is 50.6 Å². The van der Waals surface area contributed by atoms with Crippen molar-refractivity contribution in [3.05, 3.63) is 35.9 Å². The van der Waals surface area contributed by atoms with Crippen molar-refractivity contribution in [2.24, 2.45) is 5.41 Å². The molecule has 106 valence electrons. The summed E-state index contributed by atoms with van der Waals surface area (Å²) in [6.07, 6.45) is 3.49. The summed E-state index contributed by atoms with van der Waals surface area (Å²) in [6, 6.07) is 10.5. The summed E-state index contributed by atoms with van der Waals surface area (Å²) in [4.78, 5) is 0. The van der Waals surface area contributed by atoms with E-state index in [2.05, 4.69) is 31.3 Å². The van der Waals surface area contributed by atoms with Gasteiger partial charge in [-0.2, -0.15) is 0 Å². The van der Waals surface area contributed by atoms with Crippen LogP contribution in [0.5, 0.6) is 0 Å². The Morgan fingerprint density at radius 2 is 2.00 bits per heavy atom. The molecule has 2 rings (SSSR count). The maximum absolute atomic E-state index is 12.7. The lowest BCUT2D eigenvalue weighted by Gasteiger charge is -2.43. The highest BCUT2D eigenvalue weighted by Crippen LogP contribution is 2.38. The van der Waals surface area contributed by atoms with Crippen LogP contribution in [0.1, 0.15) is 38.7 Å². The van der Waals surface area contributed by atoms with Crippen LogP contribution in [0.25, 0.3) is 0 Å². The SMILES string of the molecule is CNC1C(S(=O)Cc2ccccc2)CCCC1(C)C. The zero-order valence-corrected chi connectivity index (χ0v) is 13.0. The van der Waals surface area contributed by atoms with Crippen LogP contribution in [0.3, 0.4) is 0 Å². The van der Waals surface area contributed by atoms with Crippen molar-refractivity contribution in [1.82, 2.24) is 5.32 Å². The first-order chi connectivity index (χ1) is 9.04. The van der Waals surface area contributed by atoms with Gasteiger partial charge in [0.2, 0.25) is 0 Å². The molecule has 0 saturated heterocycles. The van der Waals surface area contributed by atoms with Gasteiger partial charge >= 0.3 is 0 Å². The zero-order chi connectivity index (χ0) is 13.9. The fourth-order valence-electron chi connectivity index (χ4n) is 3.29. The van der Waals surface area contributed by atoms with E-state index < -0.39 is 10.8 Å². The van der Waals surface area contributed by atoms with Gasteiger partial charge in [0.25, 0.3) is 0 Å². The van der Waals surface area contributed by atoms with Gasteiger partial charge in [-0.25, -0.2) is 0 Å². The molecule has 3 heteroatoms. The van der Waals surface area contributed by atoms with E-state index in [-0.39, 0.29) is 10.7 Å². The number of hydrogen-bond acceptors (Lipinski definition) is 2. The maximum atomic E-state index is 12.7. The van der Waals surface area contributed by atoms with Gasteiger partial charge in [0.1, 0.15) is 0 Å². The minimum Gasteiger partial charge on any atom is -0.315 e. The molecule has 0 aliphatic heterocycles. The highest BCUT2D eigenvalue weighted by Gasteiger charge is 2.40. The van der Waals surface area contributed by atoms with Crippen LogP contribution < -0.4 is 5.32 Å². The Morgan fingerprint density at radius 1 is 1.32 bits per heavy atom. The van der Waals surface area contributed by atoms with Crippen molar-refractivity contribution < 1.29 is 4.21 Å². The molecule has 1 aliphatic carbocycles. The van der Waals surface area contributed by atoms with Crippen LogP contribution in [0.4, 0.5) is 0 Å². The summed E-state index contributed by atoms with van der Waals surface area (Å²) >= 11 is 0. The fraction of sp³-hybridized carbons (Fsp3) is 0.625. The van der Waals surface area contributed by atoms with Crippen LogP contribution in [0.2, 0.25) is 0 Å². The third-order valence-corrected chi connectivity index (χ3v) is 6.12. The van der Waals surface area contributed by atoms with Crippen LogP contribution in [-0.2, 0) is 16.6 Å². The van der Waals surface area contributed by atoms with Crippen molar-refractivity contribution in [3.8, 4) is 0 Å². The van der Waals surface area contributed by atoms with E-state index in [4.69, 9.17) is 0 Å². The lowest BCUT2D eigenvalue weighted by molar-refractivity contribution is 0.180. The van der Waals surface area contributed by atoms with E-state index in [9.17, 15) is 4.21 Å². The third-order valence-electron chi connectivity index (χ3n) is 4.32. The number of nitrogens with one attached hydrogen (secondary N) is 1. The Balaban J connectivity index is 2.09. The molecule has 2 nitrogen and oxygen atoms in total. The molecule has 3 unspecified atom stereocenters. The average Bonchev–Trinajstić information content (AvgIpc) is 2.38. The van der Waals surface area contributed by atoms with Crippen molar-refractivity contribution in [3.63, 3.8) is 0 Å². The fourth-order valence-corrected chi connectivity index (χ4v) is 5.26. The number of rotatable bonds is 4. The van der Waals surface area contributed by atoms with E-state index in [1.807, 2.05) is 25.2 Å². The van der Waals surface area contributed by atoms with Gasteiger partial charge in [0, 0.05) is 22.6 Å². The Bertz CT molecular complexity index is 430. The minimum absolute atomic E-state index is 0.240. The van der Waals surface area contributed by atoms with E-state index in [1.165, 1.54) is 18.4 Å². The van der Waals surface area contributed by atoms with Crippen molar-refractivity contribution in [2.75, 3.05) is 7.05 Å². The predicted molar refractivity (Wildman–Crippen MR) is 82.6 cm³/mol. The summed E-state index contributed by atoms with van der Waals surface area (Å²) in [7, 11) is 1.21. The van der Waals surface area contributed by atoms with Gasteiger partial charge in [0.15, 0.2) is 0 Å². The van der Waals surface area contributed by atoms with Gasteiger partial charge in [0.05, 0.1) is 5.25 Å². The molecule has 19 heavy (non-hydrogen) atoms. The molecule has 3 atom stereocenters. The zero-order valence-electron chi connectivity index (χ0n) is 12.2. The number of benzene rings is 1. The Labute approximate surface area is 119 Å². The first kappa shape index (κ1) is 14.7. The molecule has 1 aromatic rings. The largest absolute Gasteiger partial charge is 0.315 e. The highest BCUT2D eigenvalue weighted by atomic mass is 32.2. The summed E-state index contributed by atoms with van der Waals surface area (Å²) in [5.74, 6) is 0.680. The van der Waals surface area contributed by atoms with Crippen LogP contribution in [0.15, 0.2) is 30.3 Å². The lowest BCUT2D eigenvalue weighted by atomic mass is 9.73. The first-order valence-electron chi connectivity index (χ1n) is 7.13. The van der Waals surface area contributed by atoms with Gasteiger partial charge in [-0.15, -0.1) is 0 Å². The average molecular weight is 279 g/mol. The monoisotopic (exact) mass is 279 g/mol. The van der Waals surface area contributed by atoms with Crippen LogP contribution >= 0.6 is 0 Å². The molecule has 1 aliphatic rings. The van der Waals surface area contributed by atoms with Crippen molar-refractivity contribution in [2.45, 2.75) is 50.2 Å². The molecule has 1 saturated carbocycles. The molecule has 1 N–H and O–H groups in total. The third kappa shape index (κ3) is 3.46. The van der Waals surface area contributed by atoms with E-state index in [0.29, 0.717) is 11.8 Å². The lowest BCUT2D eigenvalue weighted by Crippen LogP contribution is -2.52. The molecule has 0 heterocycles. The second kappa shape index (κ2) is 6.19. The molecule has 1 aromatic carbocycles. The molecule has 1 fully saturated rings. The molecular weight excluding hydrogens is 254 g/mol. The summed E-state index contributed by atoms with van der Waals surface area (Å²) in [5, 5.41) is 3.69. The Morgan fingerprint density at radius 3 is 2.63 bits per heavy atom. The molecule has 0 amide bonds. The Kier molecular flexibility index (Phi) is 4.80. The minimum atomic E-state index is -0.796. The Hall–Kier alpha value is -0.670. The maximum Gasteiger partial charge on any atom is 0.0509 e.